The Morgan fingerprint density at radius 3 is 2.50 bits per heavy atom. The van der Waals surface area contributed by atoms with Crippen molar-refractivity contribution in [2.45, 2.75) is 39.0 Å². The van der Waals surface area contributed by atoms with Crippen LogP contribution in [0.4, 0.5) is 0 Å². The predicted molar refractivity (Wildman–Crippen MR) is 75.5 cm³/mol. The number of unbranched alkanes of at least 4 members (excludes halogenated alkanes) is 2. The molecule has 0 unspecified atom stereocenters. The van der Waals surface area contributed by atoms with Gasteiger partial charge in [0.15, 0.2) is 0 Å². The van der Waals surface area contributed by atoms with Crippen molar-refractivity contribution >= 4 is 28.8 Å². The average molecular weight is 331 g/mol. The fourth-order valence-electron chi connectivity index (χ4n) is 1.59. The number of nitrogens with one attached hydrogen (secondary N) is 1. The maximum atomic E-state index is 11.0. The summed E-state index contributed by atoms with van der Waals surface area (Å²) in [5.41, 5.74) is 2.70. The van der Waals surface area contributed by atoms with Gasteiger partial charge in [0.2, 0.25) is 5.91 Å². The Morgan fingerprint density at radius 1 is 1.19 bits per heavy atom. The Bertz CT molecular complexity index is 321. The maximum Gasteiger partial charge on any atom is 0.228 e. The minimum absolute atomic E-state index is 0.135. The summed E-state index contributed by atoms with van der Waals surface area (Å²) in [5.74, 6) is 0.135. The third-order valence-electron chi connectivity index (χ3n) is 2.60. The van der Waals surface area contributed by atoms with Crippen LogP contribution in [0.15, 0.2) is 24.3 Å². The number of amides is 1. The minimum atomic E-state index is 0.135. The highest BCUT2D eigenvalue weighted by Gasteiger charge is 1.98. The molecule has 1 aromatic carbocycles. The molecule has 0 aliphatic rings. The first-order valence-electron chi connectivity index (χ1n) is 5.67. The molecule has 0 spiro atoms. The number of halogens is 1. The van der Waals surface area contributed by atoms with Crippen LogP contribution in [0.25, 0.3) is 0 Å². The lowest BCUT2D eigenvalue weighted by Crippen LogP contribution is -2.10. The van der Waals surface area contributed by atoms with Gasteiger partial charge in [0.1, 0.15) is 0 Å². The molecule has 0 bridgehead atoms. The SMILES string of the molecule is Cc1ccc(CCCCCC(=O)NI)cc1. The van der Waals surface area contributed by atoms with Crippen LogP contribution in [0.3, 0.4) is 0 Å². The molecule has 1 amide bonds. The molecule has 0 fully saturated rings. The van der Waals surface area contributed by atoms with Crippen LogP contribution in [-0.4, -0.2) is 5.91 Å². The lowest BCUT2D eigenvalue weighted by molar-refractivity contribution is -0.118. The first-order chi connectivity index (χ1) is 7.72. The number of aryl methyl sites for hydroxylation is 2. The molecular formula is C13H18INO. The van der Waals surface area contributed by atoms with E-state index in [2.05, 4.69) is 34.7 Å². The lowest BCUT2D eigenvalue weighted by atomic mass is 10.0. The van der Waals surface area contributed by atoms with Crippen molar-refractivity contribution in [3.63, 3.8) is 0 Å². The van der Waals surface area contributed by atoms with Crippen LogP contribution in [0.2, 0.25) is 0 Å². The van der Waals surface area contributed by atoms with E-state index in [4.69, 9.17) is 0 Å². The van der Waals surface area contributed by atoms with Crippen LogP contribution in [0.1, 0.15) is 36.8 Å². The van der Waals surface area contributed by atoms with Crippen LogP contribution in [-0.2, 0) is 11.2 Å². The molecular weight excluding hydrogens is 313 g/mol. The molecule has 0 aliphatic heterocycles. The number of carbonyl (C=O) groups excluding carboxylic acids is 1. The molecule has 0 atom stereocenters. The summed E-state index contributed by atoms with van der Waals surface area (Å²) in [6.07, 6.45) is 5.04. The highest BCUT2D eigenvalue weighted by Crippen LogP contribution is 2.09. The van der Waals surface area contributed by atoms with E-state index in [1.807, 2.05) is 22.9 Å². The first-order valence-corrected chi connectivity index (χ1v) is 6.75. The normalized spacial score (nSPS) is 10.1. The minimum Gasteiger partial charge on any atom is -0.299 e. The van der Waals surface area contributed by atoms with Crippen molar-refractivity contribution < 1.29 is 4.79 Å². The lowest BCUT2D eigenvalue weighted by Gasteiger charge is -2.02. The van der Waals surface area contributed by atoms with Crippen molar-refractivity contribution in [3.05, 3.63) is 35.4 Å². The summed E-state index contributed by atoms with van der Waals surface area (Å²) in [6, 6.07) is 8.68. The summed E-state index contributed by atoms with van der Waals surface area (Å²) in [7, 11) is 0. The molecule has 1 aromatic rings. The molecule has 1 rings (SSSR count). The Kier molecular flexibility index (Phi) is 6.45. The standard InChI is InChI=1S/C13H18INO/c1-11-7-9-12(10-8-11)5-3-2-4-6-13(16)15-14/h7-10H,2-6H2,1H3,(H,15,16). The van der Waals surface area contributed by atoms with E-state index in [1.165, 1.54) is 11.1 Å². The number of hydrogen-bond acceptors (Lipinski definition) is 1. The topological polar surface area (TPSA) is 29.1 Å². The van der Waals surface area contributed by atoms with Gasteiger partial charge < -0.3 is 0 Å². The molecule has 0 saturated heterocycles. The zero-order valence-electron chi connectivity index (χ0n) is 9.63. The molecule has 0 radical (unpaired) electrons. The zero-order valence-corrected chi connectivity index (χ0v) is 11.8. The number of benzene rings is 1. The van der Waals surface area contributed by atoms with E-state index in [-0.39, 0.29) is 5.91 Å². The first kappa shape index (κ1) is 13.5. The smallest absolute Gasteiger partial charge is 0.228 e. The van der Waals surface area contributed by atoms with Crippen LogP contribution >= 0.6 is 22.9 Å². The van der Waals surface area contributed by atoms with E-state index in [9.17, 15) is 4.79 Å². The molecule has 0 aromatic heterocycles. The van der Waals surface area contributed by atoms with Gasteiger partial charge in [-0.25, -0.2) is 0 Å². The summed E-state index contributed by atoms with van der Waals surface area (Å²) < 4.78 is 2.61. The molecule has 0 heterocycles. The summed E-state index contributed by atoms with van der Waals surface area (Å²) in [5, 5.41) is 0. The van der Waals surface area contributed by atoms with Gasteiger partial charge in [0.25, 0.3) is 0 Å². The molecule has 0 saturated carbocycles. The van der Waals surface area contributed by atoms with Crippen molar-refractivity contribution in [1.29, 1.82) is 0 Å². The van der Waals surface area contributed by atoms with Gasteiger partial charge in [0.05, 0.1) is 22.9 Å². The van der Waals surface area contributed by atoms with E-state index in [0.29, 0.717) is 6.42 Å². The predicted octanol–water partition coefficient (Wildman–Crippen LogP) is 3.56. The van der Waals surface area contributed by atoms with Crippen LogP contribution in [0, 0.1) is 6.92 Å². The summed E-state index contributed by atoms with van der Waals surface area (Å²) >= 11 is 1.89. The van der Waals surface area contributed by atoms with Crippen LogP contribution < -0.4 is 3.53 Å². The van der Waals surface area contributed by atoms with Crippen molar-refractivity contribution in [2.75, 3.05) is 0 Å². The molecule has 16 heavy (non-hydrogen) atoms. The fraction of sp³-hybridized carbons (Fsp3) is 0.462. The highest BCUT2D eigenvalue weighted by atomic mass is 127. The van der Waals surface area contributed by atoms with Gasteiger partial charge in [-0.2, -0.15) is 0 Å². The number of carbonyl (C=O) groups is 1. The Hall–Kier alpha value is -0.580. The largest absolute Gasteiger partial charge is 0.299 e. The van der Waals surface area contributed by atoms with Crippen molar-refractivity contribution in [1.82, 2.24) is 3.53 Å². The Morgan fingerprint density at radius 2 is 1.88 bits per heavy atom. The van der Waals surface area contributed by atoms with Crippen molar-refractivity contribution in [2.24, 2.45) is 0 Å². The van der Waals surface area contributed by atoms with Crippen LogP contribution in [0.5, 0.6) is 0 Å². The summed E-state index contributed by atoms with van der Waals surface area (Å²) in [4.78, 5) is 11.0. The Balaban J connectivity index is 2.11. The van der Waals surface area contributed by atoms with E-state index in [1.54, 1.807) is 0 Å². The van der Waals surface area contributed by atoms with Gasteiger partial charge in [-0.1, -0.05) is 36.2 Å². The fourth-order valence-corrected chi connectivity index (χ4v) is 1.86. The van der Waals surface area contributed by atoms with E-state index < -0.39 is 0 Å². The van der Waals surface area contributed by atoms with Crippen molar-refractivity contribution in [3.8, 4) is 0 Å². The van der Waals surface area contributed by atoms with E-state index >= 15 is 0 Å². The quantitative estimate of drug-likeness (QED) is 0.482. The Labute approximate surface area is 111 Å². The van der Waals surface area contributed by atoms with Gasteiger partial charge in [-0.15, -0.1) is 0 Å². The third kappa shape index (κ3) is 5.49. The molecule has 1 N–H and O–H groups in total. The molecule has 2 nitrogen and oxygen atoms in total. The second-order valence-corrected chi connectivity index (χ2v) is 4.60. The number of rotatable bonds is 6. The second-order valence-electron chi connectivity index (χ2n) is 4.06. The van der Waals surface area contributed by atoms with Gasteiger partial charge >= 0.3 is 0 Å². The van der Waals surface area contributed by atoms with E-state index in [0.717, 1.165) is 25.7 Å². The average Bonchev–Trinajstić information content (AvgIpc) is 2.31. The monoisotopic (exact) mass is 331 g/mol. The summed E-state index contributed by atoms with van der Waals surface area (Å²) in [6.45, 7) is 2.10. The highest BCUT2D eigenvalue weighted by molar-refractivity contribution is 14.1. The zero-order chi connectivity index (χ0) is 11.8. The maximum absolute atomic E-state index is 11.0. The molecule has 3 heteroatoms. The number of hydrogen-bond donors (Lipinski definition) is 1. The third-order valence-corrected chi connectivity index (χ3v) is 3.20. The van der Waals surface area contributed by atoms with Gasteiger partial charge in [-0.05, 0) is 31.7 Å². The van der Waals surface area contributed by atoms with Gasteiger partial charge in [0, 0.05) is 6.42 Å². The molecule has 0 aliphatic carbocycles. The van der Waals surface area contributed by atoms with Gasteiger partial charge in [-0.3, -0.25) is 8.32 Å². The molecule has 88 valence electrons. The second kappa shape index (κ2) is 7.65.